The monoisotopic (exact) mass is 250 g/mol. The smallest absolute Gasteiger partial charge is 0.338 e. The molecule has 0 amide bonds. The maximum atomic E-state index is 10.6. The number of carbonyl (C=O) groups is 2. The lowest BCUT2D eigenvalue weighted by molar-refractivity contribution is -0.169. The summed E-state index contributed by atoms with van der Waals surface area (Å²) < 4.78 is 4.26. The fourth-order valence-electron chi connectivity index (χ4n) is 0.492. The molecule has 2 unspecified atom stereocenters. The Morgan fingerprint density at radius 3 is 1.93 bits per heavy atom. The molecule has 2 atom stereocenters. The van der Waals surface area contributed by atoms with Crippen LogP contribution in [-0.2, 0) is 14.3 Å². The highest BCUT2D eigenvalue weighted by Crippen LogP contribution is 1.96. The maximum Gasteiger partial charge on any atom is 0.338 e. The summed E-state index contributed by atoms with van der Waals surface area (Å²) >= 11 is 0. The molecule has 0 aliphatic rings. The van der Waals surface area contributed by atoms with Crippen LogP contribution in [0, 0.1) is 0 Å². The standard InChI is InChI=1S/C6H10O6.2ClH/c1-2-12-6(11)4(8)3(7)5(9)10;;/h3-4,7-8H,2H2,1H3,(H,9,10);2*1H. The van der Waals surface area contributed by atoms with Gasteiger partial charge < -0.3 is 20.1 Å². The van der Waals surface area contributed by atoms with E-state index in [-0.39, 0.29) is 31.4 Å². The van der Waals surface area contributed by atoms with Gasteiger partial charge in [-0.05, 0) is 6.92 Å². The first-order valence-corrected chi connectivity index (χ1v) is 3.26. The number of carboxylic acids is 1. The molecular weight excluding hydrogens is 239 g/mol. The second-order valence-electron chi connectivity index (χ2n) is 1.98. The van der Waals surface area contributed by atoms with E-state index < -0.39 is 24.1 Å². The van der Waals surface area contributed by atoms with Crippen LogP contribution in [0.15, 0.2) is 0 Å². The molecule has 0 aliphatic carbocycles. The van der Waals surface area contributed by atoms with E-state index in [1.165, 1.54) is 6.92 Å². The highest BCUT2D eigenvalue weighted by atomic mass is 35.5. The van der Waals surface area contributed by atoms with E-state index in [0.29, 0.717) is 0 Å². The Labute approximate surface area is 92.7 Å². The zero-order chi connectivity index (χ0) is 9.72. The molecule has 0 fully saturated rings. The second kappa shape index (κ2) is 9.01. The van der Waals surface area contributed by atoms with Gasteiger partial charge in [0.1, 0.15) is 0 Å². The Balaban J connectivity index is -0.000000605. The van der Waals surface area contributed by atoms with Gasteiger partial charge in [-0.15, -0.1) is 24.8 Å². The molecule has 6 nitrogen and oxygen atoms in total. The largest absolute Gasteiger partial charge is 0.479 e. The molecule has 0 aromatic rings. The van der Waals surface area contributed by atoms with Crippen molar-refractivity contribution >= 4 is 36.8 Å². The molecule has 3 N–H and O–H groups in total. The van der Waals surface area contributed by atoms with Gasteiger partial charge in [-0.3, -0.25) is 0 Å². The van der Waals surface area contributed by atoms with Gasteiger partial charge in [-0.1, -0.05) is 0 Å². The van der Waals surface area contributed by atoms with Crippen LogP contribution in [0.1, 0.15) is 6.92 Å². The number of ether oxygens (including phenoxy) is 1. The lowest BCUT2D eigenvalue weighted by Gasteiger charge is -2.11. The van der Waals surface area contributed by atoms with Gasteiger partial charge in [-0.25, -0.2) is 9.59 Å². The average molecular weight is 251 g/mol. The van der Waals surface area contributed by atoms with Crippen molar-refractivity contribution in [2.75, 3.05) is 6.61 Å². The number of esters is 1. The molecule has 0 aromatic carbocycles. The van der Waals surface area contributed by atoms with Crippen molar-refractivity contribution in [3.63, 3.8) is 0 Å². The molecular formula is C6H12Cl2O6. The Kier molecular flexibility index (Phi) is 12.3. The minimum absolute atomic E-state index is 0. The van der Waals surface area contributed by atoms with Crippen molar-refractivity contribution in [3.8, 4) is 0 Å². The van der Waals surface area contributed by atoms with Crippen LogP contribution in [0.4, 0.5) is 0 Å². The van der Waals surface area contributed by atoms with Crippen LogP contribution < -0.4 is 0 Å². The van der Waals surface area contributed by atoms with Crippen LogP contribution in [0.25, 0.3) is 0 Å². The molecule has 0 bridgehead atoms. The molecule has 8 heteroatoms. The first-order chi connectivity index (χ1) is 5.50. The lowest BCUT2D eigenvalue weighted by Crippen LogP contribution is -2.40. The average Bonchev–Trinajstić information content (AvgIpc) is 2.02. The number of aliphatic hydroxyl groups is 2. The predicted molar refractivity (Wildman–Crippen MR) is 50.8 cm³/mol. The van der Waals surface area contributed by atoms with Crippen molar-refractivity contribution in [1.82, 2.24) is 0 Å². The van der Waals surface area contributed by atoms with E-state index in [1.807, 2.05) is 0 Å². The third-order valence-corrected chi connectivity index (χ3v) is 1.08. The van der Waals surface area contributed by atoms with E-state index in [1.54, 1.807) is 0 Å². The number of aliphatic hydroxyl groups excluding tert-OH is 2. The highest BCUT2D eigenvalue weighted by molar-refractivity contribution is 5.85. The van der Waals surface area contributed by atoms with Crippen molar-refractivity contribution in [3.05, 3.63) is 0 Å². The molecule has 0 saturated carbocycles. The summed E-state index contributed by atoms with van der Waals surface area (Å²) in [6.07, 6.45) is -4.16. The third kappa shape index (κ3) is 5.98. The quantitative estimate of drug-likeness (QED) is 0.565. The van der Waals surface area contributed by atoms with Crippen LogP contribution in [0.5, 0.6) is 0 Å². The zero-order valence-electron chi connectivity index (χ0n) is 7.24. The number of carboxylic acid groups (broad SMARTS) is 1. The third-order valence-electron chi connectivity index (χ3n) is 1.08. The summed E-state index contributed by atoms with van der Waals surface area (Å²) in [7, 11) is 0. The first kappa shape index (κ1) is 19.1. The van der Waals surface area contributed by atoms with Crippen LogP contribution >= 0.6 is 24.8 Å². The fourth-order valence-corrected chi connectivity index (χ4v) is 0.492. The number of hydrogen-bond acceptors (Lipinski definition) is 5. The summed E-state index contributed by atoms with van der Waals surface area (Å²) in [5, 5.41) is 25.6. The molecule has 0 spiro atoms. The number of hydrogen-bond donors (Lipinski definition) is 3. The first-order valence-electron chi connectivity index (χ1n) is 3.26. The molecule has 0 rings (SSSR count). The summed E-state index contributed by atoms with van der Waals surface area (Å²) in [6.45, 7) is 1.51. The highest BCUT2D eigenvalue weighted by Gasteiger charge is 2.30. The van der Waals surface area contributed by atoms with E-state index in [0.717, 1.165) is 0 Å². The lowest BCUT2D eigenvalue weighted by atomic mass is 10.2. The summed E-state index contributed by atoms with van der Waals surface area (Å²) in [5.74, 6) is -2.82. The van der Waals surface area contributed by atoms with Crippen LogP contribution in [0.3, 0.4) is 0 Å². The van der Waals surface area contributed by atoms with Gasteiger partial charge in [0.05, 0.1) is 6.61 Å². The molecule has 0 aliphatic heterocycles. The number of aliphatic carboxylic acids is 1. The van der Waals surface area contributed by atoms with Gasteiger partial charge in [-0.2, -0.15) is 0 Å². The SMILES string of the molecule is CCOC(=O)C(O)C(O)C(=O)O.Cl.Cl. The number of rotatable bonds is 4. The predicted octanol–water partition coefficient (Wildman–Crippen LogP) is -0.801. The normalized spacial score (nSPS) is 12.8. The van der Waals surface area contributed by atoms with E-state index in [2.05, 4.69) is 4.74 Å². The summed E-state index contributed by atoms with van der Waals surface area (Å²) in [5.41, 5.74) is 0. The van der Waals surface area contributed by atoms with Crippen LogP contribution in [0.2, 0.25) is 0 Å². The Morgan fingerprint density at radius 2 is 1.64 bits per heavy atom. The molecule has 0 aromatic heterocycles. The zero-order valence-corrected chi connectivity index (χ0v) is 8.88. The Morgan fingerprint density at radius 1 is 1.21 bits per heavy atom. The Hall–Kier alpha value is -0.560. The van der Waals surface area contributed by atoms with Crippen molar-refractivity contribution in [2.45, 2.75) is 19.1 Å². The van der Waals surface area contributed by atoms with Crippen molar-refractivity contribution < 1.29 is 29.6 Å². The maximum absolute atomic E-state index is 10.6. The molecule has 86 valence electrons. The van der Waals surface area contributed by atoms with Crippen molar-refractivity contribution in [1.29, 1.82) is 0 Å². The summed E-state index contributed by atoms with van der Waals surface area (Å²) in [4.78, 5) is 20.6. The second-order valence-corrected chi connectivity index (χ2v) is 1.98. The van der Waals surface area contributed by atoms with E-state index >= 15 is 0 Å². The van der Waals surface area contributed by atoms with Gasteiger partial charge in [0.25, 0.3) is 0 Å². The molecule has 0 saturated heterocycles. The number of carbonyl (C=O) groups excluding carboxylic acids is 1. The number of halogens is 2. The van der Waals surface area contributed by atoms with Gasteiger partial charge in [0.2, 0.25) is 0 Å². The topological polar surface area (TPSA) is 104 Å². The van der Waals surface area contributed by atoms with E-state index in [9.17, 15) is 9.59 Å². The van der Waals surface area contributed by atoms with E-state index in [4.69, 9.17) is 15.3 Å². The molecule has 14 heavy (non-hydrogen) atoms. The van der Waals surface area contributed by atoms with Crippen LogP contribution in [-0.4, -0.2) is 46.1 Å². The molecule has 0 heterocycles. The minimum atomic E-state index is -2.14. The van der Waals surface area contributed by atoms with Crippen molar-refractivity contribution in [2.24, 2.45) is 0 Å². The minimum Gasteiger partial charge on any atom is -0.479 e. The van der Waals surface area contributed by atoms with Gasteiger partial charge in [0, 0.05) is 0 Å². The molecule has 0 radical (unpaired) electrons. The Bertz CT molecular complexity index is 185. The van der Waals surface area contributed by atoms with Gasteiger partial charge in [0.15, 0.2) is 12.2 Å². The fraction of sp³-hybridized carbons (Fsp3) is 0.667. The summed E-state index contributed by atoms with van der Waals surface area (Å²) in [6, 6.07) is 0. The van der Waals surface area contributed by atoms with Gasteiger partial charge >= 0.3 is 11.9 Å².